The van der Waals surface area contributed by atoms with Gasteiger partial charge in [-0.3, -0.25) is 4.79 Å². The summed E-state index contributed by atoms with van der Waals surface area (Å²) in [6, 6.07) is 0.656. The number of hydrogen-bond acceptors (Lipinski definition) is 3. The second kappa shape index (κ2) is 8.63. The van der Waals surface area contributed by atoms with Crippen LogP contribution < -0.4 is 10.6 Å². The van der Waals surface area contributed by atoms with E-state index < -0.39 is 0 Å². The third-order valence-electron chi connectivity index (χ3n) is 4.73. The average molecular weight is 281 g/mol. The average Bonchev–Trinajstić information content (AvgIpc) is 2.46. The van der Waals surface area contributed by atoms with E-state index in [0.29, 0.717) is 6.04 Å². The van der Waals surface area contributed by atoms with Crippen molar-refractivity contribution in [1.82, 2.24) is 15.5 Å². The first-order chi connectivity index (χ1) is 9.74. The molecule has 1 atom stereocenters. The predicted octanol–water partition coefficient (Wildman–Crippen LogP) is 1.76. The summed E-state index contributed by atoms with van der Waals surface area (Å²) in [5.41, 5.74) is 0. The maximum absolute atomic E-state index is 10.9. The van der Waals surface area contributed by atoms with Crippen molar-refractivity contribution >= 4 is 5.91 Å². The van der Waals surface area contributed by atoms with Gasteiger partial charge < -0.3 is 15.5 Å². The van der Waals surface area contributed by atoms with Crippen LogP contribution in [-0.2, 0) is 4.79 Å². The Morgan fingerprint density at radius 2 is 1.95 bits per heavy atom. The minimum atomic E-state index is 0.0778. The highest BCUT2D eigenvalue weighted by molar-refractivity contribution is 5.72. The summed E-state index contributed by atoms with van der Waals surface area (Å²) in [6.45, 7) is 6.90. The Morgan fingerprint density at radius 3 is 2.70 bits per heavy atom. The van der Waals surface area contributed by atoms with Crippen LogP contribution in [0.3, 0.4) is 0 Å². The van der Waals surface area contributed by atoms with E-state index in [1.165, 1.54) is 58.0 Å². The Balaban J connectivity index is 1.61. The normalized spacial score (nSPS) is 25.6. The molecular weight excluding hydrogens is 250 g/mol. The van der Waals surface area contributed by atoms with Gasteiger partial charge in [0.25, 0.3) is 0 Å². The number of likely N-dealkylation sites (tertiary alicyclic amines) is 1. The van der Waals surface area contributed by atoms with Crippen molar-refractivity contribution in [3.8, 4) is 0 Å². The Kier molecular flexibility index (Phi) is 6.80. The van der Waals surface area contributed by atoms with Gasteiger partial charge in [0, 0.05) is 32.6 Å². The molecule has 0 radical (unpaired) electrons. The van der Waals surface area contributed by atoms with Gasteiger partial charge in [0.2, 0.25) is 5.91 Å². The smallest absolute Gasteiger partial charge is 0.216 e. The van der Waals surface area contributed by atoms with Crippen molar-refractivity contribution in [3.05, 3.63) is 0 Å². The summed E-state index contributed by atoms with van der Waals surface area (Å²) in [4.78, 5) is 13.4. The lowest BCUT2D eigenvalue weighted by atomic mass is 9.89. The molecule has 0 spiro atoms. The van der Waals surface area contributed by atoms with E-state index >= 15 is 0 Å². The SMILES string of the molecule is CC(=O)NCCN1CCCC(NCC2CCCCC2)C1. The lowest BCUT2D eigenvalue weighted by Gasteiger charge is -2.34. The van der Waals surface area contributed by atoms with Crippen LogP contribution in [0.25, 0.3) is 0 Å². The van der Waals surface area contributed by atoms with E-state index in [2.05, 4.69) is 15.5 Å². The van der Waals surface area contributed by atoms with Gasteiger partial charge in [0.1, 0.15) is 0 Å². The van der Waals surface area contributed by atoms with Crippen LogP contribution in [-0.4, -0.2) is 49.6 Å². The number of hydrogen-bond donors (Lipinski definition) is 2. The molecule has 0 aromatic heterocycles. The summed E-state index contributed by atoms with van der Waals surface area (Å²) in [5.74, 6) is 0.993. The fraction of sp³-hybridized carbons (Fsp3) is 0.938. The van der Waals surface area contributed by atoms with Crippen LogP contribution in [0.4, 0.5) is 0 Å². The minimum Gasteiger partial charge on any atom is -0.355 e. The molecule has 2 N–H and O–H groups in total. The van der Waals surface area contributed by atoms with E-state index in [9.17, 15) is 4.79 Å². The highest BCUT2D eigenvalue weighted by Gasteiger charge is 2.21. The first kappa shape index (κ1) is 15.8. The number of rotatable bonds is 6. The standard InChI is InChI=1S/C16H31N3O/c1-14(20)17-9-11-19-10-5-8-16(13-19)18-12-15-6-3-2-4-7-15/h15-16,18H,2-13H2,1H3,(H,17,20). The van der Waals surface area contributed by atoms with Gasteiger partial charge in [-0.05, 0) is 44.7 Å². The van der Waals surface area contributed by atoms with Gasteiger partial charge in [0.15, 0.2) is 0 Å². The molecule has 0 aromatic rings. The quantitative estimate of drug-likeness (QED) is 0.780. The van der Waals surface area contributed by atoms with Crippen LogP contribution >= 0.6 is 0 Å². The maximum atomic E-state index is 10.9. The van der Waals surface area contributed by atoms with Crippen molar-refractivity contribution in [2.24, 2.45) is 5.92 Å². The summed E-state index contributed by atoms with van der Waals surface area (Å²) in [7, 11) is 0. The molecule has 4 nitrogen and oxygen atoms in total. The summed E-state index contributed by atoms with van der Waals surface area (Å²) in [6.07, 6.45) is 9.74. The van der Waals surface area contributed by atoms with Crippen molar-refractivity contribution in [1.29, 1.82) is 0 Å². The van der Waals surface area contributed by atoms with Gasteiger partial charge in [-0.25, -0.2) is 0 Å². The largest absolute Gasteiger partial charge is 0.355 e. The molecule has 1 saturated carbocycles. The van der Waals surface area contributed by atoms with Crippen LogP contribution in [0, 0.1) is 5.92 Å². The van der Waals surface area contributed by atoms with E-state index in [1.807, 2.05) is 0 Å². The first-order valence-electron chi connectivity index (χ1n) is 8.44. The molecule has 0 aromatic carbocycles. The fourth-order valence-corrected chi connectivity index (χ4v) is 3.54. The van der Waals surface area contributed by atoms with E-state index in [1.54, 1.807) is 6.92 Å². The van der Waals surface area contributed by atoms with Gasteiger partial charge in [-0.1, -0.05) is 19.3 Å². The molecule has 1 unspecified atom stereocenters. The lowest BCUT2D eigenvalue weighted by Crippen LogP contribution is -2.48. The van der Waals surface area contributed by atoms with Crippen LogP contribution in [0.15, 0.2) is 0 Å². The number of nitrogens with zero attached hydrogens (tertiary/aromatic N) is 1. The highest BCUT2D eigenvalue weighted by Crippen LogP contribution is 2.23. The Hall–Kier alpha value is -0.610. The number of amides is 1. The van der Waals surface area contributed by atoms with Gasteiger partial charge in [0.05, 0.1) is 0 Å². The van der Waals surface area contributed by atoms with Crippen LogP contribution in [0.2, 0.25) is 0 Å². The van der Waals surface area contributed by atoms with E-state index in [0.717, 1.165) is 25.6 Å². The molecular formula is C16H31N3O. The molecule has 2 fully saturated rings. The van der Waals surface area contributed by atoms with E-state index in [-0.39, 0.29) is 5.91 Å². The maximum Gasteiger partial charge on any atom is 0.216 e. The van der Waals surface area contributed by atoms with Gasteiger partial charge in [-0.2, -0.15) is 0 Å². The molecule has 1 heterocycles. The van der Waals surface area contributed by atoms with E-state index in [4.69, 9.17) is 0 Å². The topological polar surface area (TPSA) is 44.4 Å². The Bertz CT molecular complexity index is 289. The van der Waals surface area contributed by atoms with Crippen LogP contribution in [0.5, 0.6) is 0 Å². The lowest BCUT2D eigenvalue weighted by molar-refractivity contribution is -0.119. The zero-order valence-electron chi connectivity index (χ0n) is 13.0. The van der Waals surface area contributed by atoms with Gasteiger partial charge in [-0.15, -0.1) is 0 Å². The number of carbonyl (C=O) groups is 1. The molecule has 1 amide bonds. The summed E-state index contributed by atoms with van der Waals surface area (Å²) >= 11 is 0. The summed E-state index contributed by atoms with van der Waals surface area (Å²) < 4.78 is 0. The molecule has 1 aliphatic heterocycles. The van der Waals surface area contributed by atoms with Crippen molar-refractivity contribution in [2.45, 2.75) is 57.9 Å². The molecule has 1 saturated heterocycles. The third kappa shape index (κ3) is 5.80. The number of nitrogens with one attached hydrogen (secondary N) is 2. The van der Waals surface area contributed by atoms with Crippen molar-refractivity contribution in [3.63, 3.8) is 0 Å². The second-order valence-corrected chi connectivity index (χ2v) is 6.54. The second-order valence-electron chi connectivity index (χ2n) is 6.54. The molecule has 1 aliphatic carbocycles. The minimum absolute atomic E-state index is 0.0778. The number of piperidine rings is 1. The zero-order valence-corrected chi connectivity index (χ0v) is 13.0. The highest BCUT2D eigenvalue weighted by atomic mass is 16.1. The predicted molar refractivity (Wildman–Crippen MR) is 82.7 cm³/mol. The molecule has 20 heavy (non-hydrogen) atoms. The molecule has 0 bridgehead atoms. The first-order valence-corrected chi connectivity index (χ1v) is 8.44. The molecule has 4 heteroatoms. The van der Waals surface area contributed by atoms with Crippen LogP contribution in [0.1, 0.15) is 51.9 Å². The molecule has 116 valence electrons. The molecule has 2 aliphatic rings. The van der Waals surface area contributed by atoms with Gasteiger partial charge >= 0.3 is 0 Å². The fourth-order valence-electron chi connectivity index (χ4n) is 3.54. The zero-order chi connectivity index (χ0) is 14.2. The summed E-state index contributed by atoms with van der Waals surface area (Å²) in [5, 5.41) is 6.68. The third-order valence-corrected chi connectivity index (χ3v) is 4.73. The monoisotopic (exact) mass is 281 g/mol. The molecule has 2 rings (SSSR count). The van der Waals surface area contributed by atoms with Crippen molar-refractivity contribution < 1.29 is 4.79 Å². The van der Waals surface area contributed by atoms with Crippen molar-refractivity contribution in [2.75, 3.05) is 32.7 Å². The Morgan fingerprint density at radius 1 is 1.15 bits per heavy atom. The Labute approximate surface area is 123 Å². The number of carbonyl (C=O) groups excluding carboxylic acids is 1.